The van der Waals surface area contributed by atoms with E-state index in [1.807, 2.05) is 24.3 Å². The first kappa shape index (κ1) is 24.5. The first-order chi connectivity index (χ1) is 17.9. The molecule has 2 aromatic carbocycles. The summed E-state index contributed by atoms with van der Waals surface area (Å²) in [7, 11) is 3.66. The SMILES string of the molecule is CNC(=O)n1ccc2cc(Nc3ccnc(NC(=O)c4ccc(C5CCN(C)CC5)cc4)c3)c(F)cc21. The fourth-order valence-corrected chi connectivity index (χ4v) is 4.72. The highest BCUT2D eigenvalue weighted by atomic mass is 19.1. The number of fused-ring (bicyclic) bond motifs is 1. The molecule has 1 saturated heterocycles. The Morgan fingerprint density at radius 3 is 2.51 bits per heavy atom. The van der Waals surface area contributed by atoms with Gasteiger partial charge in [0.2, 0.25) is 0 Å². The molecule has 2 amide bonds. The third-order valence-electron chi connectivity index (χ3n) is 6.86. The van der Waals surface area contributed by atoms with E-state index >= 15 is 0 Å². The number of rotatable bonds is 5. The number of hydrogen-bond donors (Lipinski definition) is 3. The van der Waals surface area contributed by atoms with Crippen molar-refractivity contribution in [3.63, 3.8) is 0 Å². The number of nitrogens with zero attached hydrogens (tertiary/aromatic N) is 3. The molecule has 190 valence electrons. The Bertz CT molecular complexity index is 1440. The fraction of sp³-hybridized carbons (Fsp3) is 0.250. The number of nitrogens with one attached hydrogen (secondary N) is 3. The van der Waals surface area contributed by atoms with Gasteiger partial charge in [-0.05, 0) is 74.8 Å². The molecule has 0 bridgehead atoms. The van der Waals surface area contributed by atoms with Crippen LogP contribution in [-0.4, -0.2) is 53.6 Å². The van der Waals surface area contributed by atoms with E-state index < -0.39 is 5.82 Å². The van der Waals surface area contributed by atoms with Crippen LogP contribution in [0.5, 0.6) is 0 Å². The summed E-state index contributed by atoms with van der Waals surface area (Å²) in [5.41, 5.74) is 3.08. The van der Waals surface area contributed by atoms with Gasteiger partial charge in [0.05, 0.1) is 11.2 Å². The van der Waals surface area contributed by atoms with Gasteiger partial charge in [0, 0.05) is 48.2 Å². The number of pyridine rings is 1. The van der Waals surface area contributed by atoms with Crippen LogP contribution in [0.2, 0.25) is 0 Å². The summed E-state index contributed by atoms with van der Waals surface area (Å²) in [4.78, 5) is 31.4. The van der Waals surface area contributed by atoms with Gasteiger partial charge < -0.3 is 20.9 Å². The van der Waals surface area contributed by atoms with E-state index in [1.54, 1.807) is 36.7 Å². The molecular formula is C28H29FN6O2. The van der Waals surface area contributed by atoms with Crippen LogP contribution in [0.4, 0.5) is 26.4 Å². The molecule has 1 fully saturated rings. The average Bonchev–Trinajstić information content (AvgIpc) is 3.31. The topological polar surface area (TPSA) is 91.3 Å². The zero-order valence-electron chi connectivity index (χ0n) is 20.8. The molecule has 0 saturated carbocycles. The van der Waals surface area contributed by atoms with E-state index in [0.29, 0.717) is 33.9 Å². The first-order valence-corrected chi connectivity index (χ1v) is 12.3. The number of aromatic nitrogens is 2. The van der Waals surface area contributed by atoms with Gasteiger partial charge in [-0.15, -0.1) is 0 Å². The van der Waals surface area contributed by atoms with Crippen LogP contribution in [0.1, 0.15) is 34.7 Å². The molecule has 1 aliphatic rings. The van der Waals surface area contributed by atoms with E-state index in [0.717, 1.165) is 25.9 Å². The zero-order valence-corrected chi connectivity index (χ0v) is 20.8. The van der Waals surface area contributed by atoms with Crippen molar-refractivity contribution in [1.82, 2.24) is 19.8 Å². The number of benzene rings is 2. The molecule has 9 heteroatoms. The molecule has 4 aromatic rings. The standard InChI is InChI=1S/C28H29FN6O2/c1-30-28(37)35-14-10-21-15-24(23(29)17-25(21)35)32-22-7-11-31-26(16-22)33-27(36)20-5-3-18(4-6-20)19-8-12-34(2)13-9-19/h3-7,10-11,14-17,19H,8-9,12-13H2,1-2H3,(H,30,37)(H2,31,32,33,36). The Balaban J connectivity index is 1.27. The maximum atomic E-state index is 14.9. The second-order valence-electron chi connectivity index (χ2n) is 9.34. The van der Waals surface area contributed by atoms with Crippen LogP contribution in [-0.2, 0) is 0 Å². The van der Waals surface area contributed by atoms with Gasteiger partial charge in [0.15, 0.2) is 0 Å². The summed E-state index contributed by atoms with van der Waals surface area (Å²) < 4.78 is 16.2. The van der Waals surface area contributed by atoms with Crippen LogP contribution in [0.3, 0.4) is 0 Å². The number of hydrogen-bond acceptors (Lipinski definition) is 5. The molecule has 3 N–H and O–H groups in total. The highest BCUT2D eigenvalue weighted by Gasteiger charge is 2.19. The first-order valence-electron chi connectivity index (χ1n) is 12.3. The summed E-state index contributed by atoms with van der Waals surface area (Å²) >= 11 is 0. The minimum atomic E-state index is -0.511. The van der Waals surface area contributed by atoms with Gasteiger partial charge in [0.25, 0.3) is 5.91 Å². The van der Waals surface area contributed by atoms with Gasteiger partial charge in [-0.1, -0.05) is 12.1 Å². The Labute approximate surface area is 214 Å². The highest BCUT2D eigenvalue weighted by Crippen LogP contribution is 2.29. The maximum Gasteiger partial charge on any atom is 0.325 e. The molecule has 0 unspecified atom stereocenters. The second-order valence-corrected chi connectivity index (χ2v) is 9.34. The number of piperidine rings is 1. The fourth-order valence-electron chi connectivity index (χ4n) is 4.72. The lowest BCUT2D eigenvalue weighted by Gasteiger charge is -2.29. The average molecular weight is 501 g/mol. The lowest BCUT2D eigenvalue weighted by atomic mass is 9.89. The number of anilines is 3. The summed E-state index contributed by atoms with van der Waals surface area (Å²) in [6, 6.07) is 15.4. The van der Waals surface area contributed by atoms with E-state index in [9.17, 15) is 14.0 Å². The van der Waals surface area contributed by atoms with E-state index in [-0.39, 0.29) is 17.6 Å². The molecule has 1 aliphatic heterocycles. The Hall–Kier alpha value is -4.24. The smallest absolute Gasteiger partial charge is 0.325 e. The second kappa shape index (κ2) is 10.4. The van der Waals surface area contributed by atoms with Crippen molar-refractivity contribution in [2.45, 2.75) is 18.8 Å². The monoisotopic (exact) mass is 500 g/mol. The van der Waals surface area contributed by atoms with Crippen LogP contribution < -0.4 is 16.0 Å². The molecule has 0 atom stereocenters. The van der Waals surface area contributed by atoms with Crippen LogP contribution >= 0.6 is 0 Å². The molecule has 5 rings (SSSR count). The van der Waals surface area contributed by atoms with E-state index in [1.165, 1.54) is 23.2 Å². The van der Waals surface area contributed by atoms with Crippen molar-refractivity contribution in [1.29, 1.82) is 0 Å². The van der Waals surface area contributed by atoms with Crippen molar-refractivity contribution < 1.29 is 14.0 Å². The Morgan fingerprint density at radius 2 is 1.78 bits per heavy atom. The van der Waals surface area contributed by atoms with Crippen molar-refractivity contribution in [2.75, 3.05) is 37.8 Å². The quantitative estimate of drug-likeness (QED) is 0.352. The molecule has 0 radical (unpaired) electrons. The molecule has 3 heterocycles. The number of amides is 2. The van der Waals surface area contributed by atoms with Crippen LogP contribution in [0, 0.1) is 5.82 Å². The predicted octanol–water partition coefficient (Wildman–Crippen LogP) is 5.17. The predicted molar refractivity (Wildman–Crippen MR) is 143 cm³/mol. The molecular weight excluding hydrogens is 471 g/mol. The Kier molecular flexibility index (Phi) is 6.87. The van der Waals surface area contributed by atoms with Gasteiger partial charge in [-0.2, -0.15) is 0 Å². The lowest BCUT2D eigenvalue weighted by Crippen LogP contribution is -2.29. The number of likely N-dealkylation sites (tertiary alicyclic amines) is 1. The summed E-state index contributed by atoms with van der Waals surface area (Å²) in [6.45, 7) is 2.17. The van der Waals surface area contributed by atoms with Crippen molar-refractivity contribution in [3.05, 3.63) is 83.9 Å². The number of carbonyl (C=O) groups is 2. The van der Waals surface area contributed by atoms with Gasteiger partial charge in [-0.25, -0.2) is 14.2 Å². The number of carbonyl (C=O) groups excluding carboxylic acids is 2. The third-order valence-corrected chi connectivity index (χ3v) is 6.86. The van der Waals surface area contributed by atoms with E-state index in [2.05, 4.69) is 32.9 Å². The third kappa shape index (κ3) is 5.31. The van der Waals surface area contributed by atoms with Crippen LogP contribution in [0.25, 0.3) is 10.9 Å². The van der Waals surface area contributed by atoms with Gasteiger partial charge >= 0.3 is 6.03 Å². The maximum absolute atomic E-state index is 14.9. The summed E-state index contributed by atoms with van der Waals surface area (Å²) in [5, 5.41) is 9.09. The number of halogens is 1. The Morgan fingerprint density at radius 1 is 1.03 bits per heavy atom. The minimum Gasteiger partial charge on any atom is -0.353 e. The van der Waals surface area contributed by atoms with Crippen molar-refractivity contribution in [3.8, 4) is 0 Å². The summed E-state index contributed by atoms with van der Waals surface area (Å²) in [6.07, 6.45) is 5.38. The van der Waals surface area contributed by atoms with Gasteiger partial charge in [-0.3, -0.25) is 9.36 Å². The zero-order chi connectivity index (χ0) is 25.9. The highest BCUT2D eigenvalue weighted by molar-refractivity contribution is 6.04. The molecule has 2 aromatic heterocycles. The molecule has 0 spiro atoms. The largest absolute Gasteiger partial charge is 0.353 e. The van der Waals surface area contributed by atoms with Crippen molar-refractivity contribution in [2.24, 2.45) is 0 Å². The normalized spacial score (nSPS) is 14.5. The summed E-state index contributed by atoms with van der Waals surface area (Å²) in [5.74, 6) is 0.104. The lowest BCUT2D eigenvalue weighted by molar-refractivity contribution is 0.102. The van der Waals surface area contributed by atoms with Crippen molar-refractivity contribution >= 4 is 40.0 Å². The van der Waals surface area contributed by atoms with Gasteiger partial charge in [0.1, 0.15) is 11.6 Å². The minimum absolute atomic E-state index is 0.245. The molecule has 8 nitrogen and oxygen atoms in total. The van der Waals surface area contributed by atoms with E-state index in [4.69, 9.17) is 0 Å². The van der Waals surface area contributed by atoms with Crippen LogP contribution in [0.15, 0.2) is 67.0 Å². The molecule has 0 aliphatic carbocycles. The molecule has 37 heavy (non-hydrogen) atoms.